The topological polar surface area (TPSA) is 26.3 Å². The molecule has 0 saturated carbocycles. The van der Waals surface area contributed by atoms with Gasteiger partial charge in [-0.3, -0.25) is 0 Å². The quantitative estimate of drug-likeness (QED) is 0.383. The first-order valence-corrected chi connectivity index (χ1v) is 7.39. The van der Waals surface area contributed by atoms with E-state index in [1.165, 1.54) is 6.08 Å². The van der Waals surface area contributed by atoms with E-state index in [2.05, 4.69) is 0 Å². The molecule has 0 unspecified atom stereocenters. The van der Waals surface area contributed by atoms with E-state index < -0.39 is 8.32 Å². The minimum atomic E-state index is -1.71. The third-order valence-corrected chi connectivity index (χ3v) is 1.76. The zero-order valence-electron chi connectivity index (χ0n) is 8.13. The molecule has 0 heterocycles. The highest BCUT2D eigenvalue weighted by Crippen LogP contribution is 2.02. The van der Waals surface area contributed by atoms with Crippen LogP contribution < -0.4 is 0 Å². The van der Waals surface area contributed by atoms with Gasteiger partial charge in [0, 0.05) is 6.08 Å². The van der Waals surface area contributed by atoms with Gasteiger partial charge < -0.3 is 4.43 Å². The Morgan fingerprint density at radius 1 is 1.25 bits per heavy atom. The van der Waals surface area contributed by atoms with Crippen molar-refractivity contribution in [3.05, 3.63) is 24.3 Å². The largest absolute Gasteiger partial charge is 0.517 e. The van der Waals surface area contributed by atoms with Gasteiger partial charge in [-0.25, -0.2) is 4.79 Å². The summed E-state index contributed by atoms with van der Waals surface area (Å²) in [7, 11) is -1.71. The first-order valence-electron chi connectivity index (χ1n) is 3.98. The summed E-state index contributed by atoms with van der Waals surface area (Å²) in [5.41, 5.74) is 0. The van der Waals surface area contributed by atoms with Crippen molar-refractivity contribution in [3.8, 4) is 0 Å². The van der Waals surface area contributed by atoms with Gasteiger partial charge in [0.15, 0.2) is 0 Å². The van der Waals surface area contributed by atoms with Crippen LogP contribution in [0.15, 0.2) is 24.3 Å². The molecule has 0 aliphatic rings. The number of allylic oxidation sites excluding steroid dienone is 3. The van der Waals surface area contributed by atoms with Gasteiger partial charge in [0.25, 0.3) is 0 Å². The molecule has 0 spiro atoms. The molecule has 0 atom stereocenters. The molecule has 0 aliphatic heterocycles. The van der Waals surface area contributed by atoms with Crippen LogP contribution in [-0.4, -0.2) is 14.3 Å². The average molecular weight is 184 g/mol. The molecule has 0 aliphatic carbocycles. The fraction of sp³-hybridized carbons (Fsp3) is 0.444. The molecule has 0 saturated heterocycles. The van der Waals surface area contributed by atoms with E-state index in [1.807, 2.05) is 32.6 Å². The molecule has 0 aromatic carbocycles. The van der Waals surface area contributed by atoms with Crippen molar-refractivity contribution in [2.24, 2.45) is 0 Å². The van der Waals surface area contributed by atoms with Crippen LogP contribution in [0, 0.1) is 0 Å². The molecule has 12 heavy (non-hydrogen) atoms. The fourth-order valence-corrected chi connectivity index (χ4v) is 1.25. The van der Waals surface area contributed by atoms with Gasteiger partial charge in [-0.05, 0) is 26.6 Å². The van der Waals surface area contributed by atoms with Gasteiger partial charge in [-0.1, -0.05) is 18.2 Å². The van der Waals surface area contributed by atoms with Crippen molar-refractivity contribution >= 4 is 14.3 Å². The maximum absolute atomic E-state index is 11.0. The molecule has 0 N–H and O–H groups in total. The smallest absolute Gasteiger partial charge is 0.317 e. The van der Waals surface area contributed by atoms with Crippen molar-refractivity contribution in [2.45, 2.75) is 26.6 Å². The van der Waals surface area contributed by atoms with Gasteiger partial charge in [0.05, 0.1) is 0 Å². The summed E-state index contributed by atoms with van der Waals surface area (Å²) >= 11 is 0. The standard InChI is InChI=1S/C9H16O2Si/c1-5-6-7-8-9(10)11-12(2,3)4/h5-8H,1-4H3/b6-5+,8-7+. The highest BCUT2D eigenvalue weighted by molar-refractivity contribution is 6.71. The maximum atomic E-state index is 11.0. The maximum Gasteiger partial charge on any atom is 0.317 e. The Kier molecular flexibility index (Phi) is 4.59. The molecule has 3 heteroatoms. The second-order valence-electron chi connectivity index (χ2n) is 3.42. The summed E-state index contributed by atoms with van der Waals surface area (Å²) < 4.78 is 5.16. The average Bonchev–Trinajstić information content (AvgIpc) is 1.84. The molecule has 0 amide bonds. The Morgan fingerprint density at radius 2 is 1.83 bits per heavy atom. The van der Waals surface area contributed by atoms with E-state index in [9.17, 15) is 4.79 Å². The molecule has 0 rings (SSSR count). The van der Waals surface area contributed by atoms with Crippen LogP contribution in [-0.2, 0) is 9.22 Å². The van der Waals surface area contributed by atoms with Crippen molar-refractivity contribution in [1.29, 1.82) is 0 Å². The molecule has 0 fully saturated rings. The third-order valence-electron chi connectivity index (χ3n) is 0.943. The van der Waals surface area contributed by atoms with Crippen LogP contribution in [0.25, 0.3) is 0 Å². The Bertz CT molecular complexity index is 199. The zero-order chi connectivity index (χ0) is 9.61. The third kappa shape index (κ3) is 7.28. The second kappa shape index (κ2) is 4.93. The van der Waals surface area contributed by atoms with Gasteiger partial charge in [0.2, 0.25) is 8.32 Å². The molecule has 2 nitrogen and oxygen atoms in total. The molecular weight excluding hydrogens is 168 g/mol. The summed E-state index contributed by atoms with van der Waals surface area (Å²) in [6.07, 6.45) is 6.78. The van der Waals surface area contributed by atoms with Gasteiger partial charge in [-0.2, -0.15) is 0 Å². The van der Waals surface area contributed by atoms with Gasteiger partial charge in [-0.15, -0.1) is 0 Å². The van der Waals surface area contributed by atoms with Crippen LogP contribution in [0.2, 0.25) is 19.6 Å². The lowest BCUT2D eigenvalue weighted by atomic mass is 10.4. The van der Waals surface area contributed by atoms with Crippen molar-refractivity contribution < 1.29 is 9.22 Å². The molecular formula is C9H16O2Si. The Hall–Kier alpha value is -0.833. The summed E-state index contributed by atoms with van der Waals surface area (Å²) in [4.78, 5) is 11.0. The van der Waals surface area contributed by atoms with Gasteiger partial charge >= 0.3 is 5.97 Å². The molecule has 0 aromatic rings. The summed E-state index contributed by atoms with van der Waals surface area (Å²) in [5.74, 6) is -0.243. The normalized spacial score (nSPS) is 12.7. The van der Waals surface area contributed by atoms with Crippen LogP contribution in [0.3, 0.4) is 0 Å². The minimum Gasteiger partial charge on any atom is -0.517 e. The van der Waals surface area contributed by atoms with E-state index in [4.69, 9.17) is 4.43 Å². The number of rotatable bonds is 3. The lowest BCUT2D eigenvalue weighted by Gasteiger charge is -2.15. The number of hydrogen-bond acceptors (Lipinski definition) is 2. The highest BCUT2D eigenvalue weighted by atomic mass is 28.4. The van der Waals surface area contributed by atoms with E-state index in [-0.39, 0.29) is 5.97 Å². The van der Waals surface area contributed by atoms with Crippen LogP contribution in [0.5, 0.6) is 0 Å². The molecule has 68 valence electrons. The van der Waals surface area contributed by atoms with E-state index >= 15 is 0 Å². The zero-order valence-corrected chi connectivity index (χ0v) is 9.13. The summed E-state index contributed by atoms with van der Waals surface area (Å²) in [5, 5.41) is 0. The van der Waals surface area contributed by atoms with Crippen molar-refractivity contribution in [3.63, 3.8) is 0 Å². The Morgan fingerprint density at radius 3 is 2.25 bits per heavy atom. The first kappa shape index (κ1) is 11.2. The Labute approximate surface area is 75.1 Å². The monoisotopic (exact) mass is 184 g/mol. The lowest BCUT2D eigenvalue weighted by molar-refractivity contribution is -0.129. The highest BCUT2D eigenvalue weighted by Gasteiger charge is 2.17. The van der Waals surface area contributed by atoms with Gasteiger partial charge in [0.1, 0.15) is 0 Å². The summed E-state index contributed by atoms with van der Waals surface area (Å²) in [6, 6.07) is 0. The SMILES string of the molecule is C/C=C/C=C/C(=O)O[Si](C)(C)C. The molecule has 0 aromatic heterocycles. The van der Waals surface area contributed by atoms with E-state index in [0.29, 0.717) is 0 Å². The Balaban J connectivity index is 3.91. The van der Waals surface area contributed by atoms with Crippen LogP contribution in [0.1, 0.15) is 6.92 Å². The van der Waals surface area contributed by atoms with Crippen molar-refractivity contribution in [2.75, 3.05) is 0 Å². The number of carbonyl (C=O) groups excluding carboxylic acids is 1. The minimum absolute atomic E-state index is 0.243. The number of hydrogen-bond donors (Lipinski definition) is 0. The van der Waals surface area contributed by atoms with Crippen LogP contribution in [0.4, 0.5) is 0 Å². The predicted molar refractivity (Wildman–Crippen MR) is 53.4 cm³/mol. The number of carbonyl (C=O) groups is 1. The predicted octanol–water partition coefficient (Wildman–Crippen LogP) is 2.50. The molecule has 0 radical (unpaired) electrons. The summed E-state index contributed by atoms with van der Waals surface area (Å²) in [6.45, 7) is 7.84. The second-order valence-corrected chi connectivity index (χ2v) is 7.85. The van der Waals surface area contributed by atoms with Crippen molar-refractivity contribution in [1.82, 2.24) is 0 Å². The van der Waals surface area contributed by atoms with E-state index in [0.717, 1.165) is 0 Å². The lowest BCUT2D eigenvalue weighted by Crippen LogP contribution is -2.28. The first-order chi connectivity index (χ1) is 5.45. The molecule has 0 bridgehead atoms. The van der Waals surface area contributed by atoms with E-state index in [1.54, 1.807) is 12.2 Å². The van der Waals surface area contributed by atoms with Crippen LogP contribution >= 0.6 is 0 Å². The fourth-order valence-electron chi connectivity index (χ4n) is 0.581.